The van der Waals surface area contributed by atoms with Gasteiger partial charge in [0.2, 0.25) is 5.91 Å². The van der Waals surface area contributed by atoms with E-state index in [9.17, 15) is 18.0 Å². The Balaban J connectivity index is 1.83. The van der Waals surface area contributed by atoms with Crippen LogP contribution in [0, 0.1) is 5.92 Å². The molecule has 1 fully saturated rings. The lowest BCUT2D eigenvalue weighted by molar-refractivity contribution is -0.137. The van der Waals surface area contributed by atoms with E-state index >= 15 is 0 Å². The van der Waals surface area contributed by atoms with Gasteiger partial charge in [-0.2, -0.15) is 0 Å². The first-order chi connectivity index (χ1) is 10.3. The van der Waals surface area contributed by atoms with Crippen LogP contribution in [0.15, 0.2) is 24.3 Å². The number of rotatable bonds is 6. The molecule has 1 aliphatic heterocycles. The highest BCUT2D eigenvalue weighted by molar-refractivity contribution is 7.91. The highest BCUT2D eigenvalue weighted by Crippen LogP contribution is 2.22. The molecular formula is C15H19NO5S. The molecule has 22 heavy (non-hydrogen) atoms. The number of anilines is 1. The average Bonchev–Trinajstić information content (AvgIpc) is 2.77. The molecule has 2 N–H and O–H groups in total. The summed E-state index contributed by atoms with van der Waals surface area (Å²) in [6.45, 7) is 0. The zero-order valence-corrected chi connectivity index (χ0v) is 12.9. The molecule has 6 nitrogen and oxygen atoms in total. The number of sulfone groups is 1. The van der Waals surface area contributed by atoms with Gasteiger partial charge in [0.05, 0.1) is 11.5 Å². The van der Waals surface area contributed by atoms with E-state index in [2.05, 4.69) is 5.32 Å². The number of amides is 1. The first-order valence-electron chi connectivity index (χ1n) is 7.15. The maximum Gasteiger partial charge on any atom is 0.303 e. The van der Waals surface area contributed by atoms with Crippen LogP contribution < -0.4 is 5.32 Å². The van der Waals surface area contributed by atoms with Gasteiger partial charge in [0.1, 0.15) is 0 Å². The summed E-state index contributed by atoms with van der Waals surface area (Å²) in [5, 5.41) is 11.4. The van der Waals surface area contributed by atoms with E-state index in [-0.39, 0.29) is 36.2 Å². The van der Waals surface area contributed by atoms with Gasteiger partial charge in [0.25, 0.3) is 0 Å². The van der Waals surface area contributed by atoms with Crippen molar-refractivity contribution in [2.45, 2.75) is 25.7 Å². The van der Waals surface area contributed by atoms with E-state index in [0.717, 1.165) is 5.56 Å². The van der Waals surface area contributed by atoms with Gasteiger partial charge in [0.15, 0.2) is 9.84 Å². The highest BCUT2D eigenvalue weighted by atomic mass is 32.2. The Morgan fingerprint density at radius 1 is 1.23 bits per heavy atom. The summed E-state index contributed by atoms with van der Waals surface area (Å²) in [6.07, 6.45) is 1.27. The number of benzene rings is 1. The fraction of sp³-hybridized carbons (Fsp3) is 0.467. The average molecular weight is 325 g/mol. The lowest BCUT2D eigenvalue weighted by Crippen LogP contribution is -2.17. The molecule has 0 aromatic heterocycles. The van der Waals surface area contributed by atoms with Crippen molar-refractivity contribution in [1.29, 1.82) is 0 Å². The quantitative estimate of drug-likeness (QED) is 0.825. The summed E-state index contributed by atoms with van der Waals surface area (Å²) in [5.74, 6) is -0.873. The van der Waals surface area contributed by atoms with E-state index in [1.807, 2.05) is 0 Å². The predicted octanol–water partition coefficient (Wildman–Crippen LogP) is 1.47. The summed E-state index contributed by atoms with van der Waals surface area (Å²) >= 11 is 0. The molecule has 0 bridgehead atoms. The molecule has 1 aliphatic rings. The van der Waals surface area contributed by atoms with E-state index in [1.54, 1.807) is 24.3 Å². The zero-order valence-electron chi connectivity index (χ0n) is 12.1. The van der Waals surface area contributed by atoms with Gasteiger partial charge in [0, 0.05) is 18.5 Å². The second-order valence-corrected chi connectivity index (χ2v) is 7.84. The van der Waals surface area contributed by atoms with Crippen molar-refractivity contribution < 1.29 is 23.1 Å². The molecule has 1 unspecified atom stereocenters. The lowest BCUT2D eigenvalue weighted by atomic mass is 10.0. The van der Waals surface area contributed by atoms with Crippen LogP contribution in [0.5, 0.6) is 0 Å². The molecule has 1 amide bonds. The van der Waals surface area contributed by atoms with Gasteiger partial charge < -0.3 is 10.4 Å². The van der Waals surface area contributed by atoms with Gasteiger partial charge in [-0.05, 0) is 36.5 Å². The molecular weight excluding hydrogens is 306 g/mol. The Morgan fingerprint density at radius 3 is 2.45 bits per heavy atom. The summed E-state index contributed by atoms with van der Waals surface area (Å²) in [7, 11) is -2.96. The molecule has 1 heterocycles. The maximum atomic E-state index is 11.9. The van der Waals surface area contributed by atoms with Crippen molar-refractivity contribution >= 4 is 27.4 Å². The van der Waals surface area contributed by atoms with Crippen LogP contribution in [0.1, 0.15) is 24.8 Å². The normalized spacial score (nSPS) is 19.7. The van der Waals surface area contributed by atoms with Crippen LogP contribution in [0.4, 0.5) is 5.69 Å². The van der Waals surface area contributed by atoms with Gasteiger partial charge in [-0.15, -0.1) is 0 Å². The molecule has 0 saturated carbocycles. The first-order valence-corrected chi connectivity index (χ1v) is 8.97. The summed E-state index contributed by atoms with van der Waals surface area (Å²) in [4.78, 5) is 22.4. The van der Waals surface area contributed by atoms with Crippen LogP contribution in [0.2, 0.25) is 0 Å². The van der Waals surface area contributed by atoms with Gasteiger partial charge in [-0.25, -0.2) is 8.42 Å². The van der Waals surface area contributed by atoms with Crippen LogP contribution in [0.25, 0.3) is 0 Å². The third-order valence-electron chi connectivity index (χ3n) is 3.67. The Kier molecular flexibility index (Phi) is 5.18. The minimum Gasteiger partial charge on any atom is -0.481 e. The van der Waals surface area contributed by atoms with Crippen molar-refractivity contribution in [3.05, 3.63) is 29.8 Å². The van der Waals surface area contributed by atoms with Crippen LogP contribution >= 0.6 is 0 Å². The molecule has 1 aromatic carbocycles. The number of carbonyl (C=O) groups is 2. The third-order valence-corrected chi connectivity index (χ3v) is 5.50. The fourth-order valence-electron chi connectivity index (χ4n) is 2.51. The Morgan fingerprint density at radius 2 is 1.91 bits per heavy atom. The van der Waals surface area contributed by atoms with Crippen molar-refractivity contribution in [2.24, 2.45) is 5.92 Å². The molecule has 1 saturated heterocycles. The molecule has 7 heteroatoms. The fourth-order valence-corrected chi connectivity index (χ4v) is 4.38. The van der Waals surface area contributed by atoms with Gasteiger partial charge in [-0.3, -0.25) is 9.59 Å². The van der Waals surface area contributed by atoms with Crippen LogP contribution in [-0.4, -0.2) is 36.9 Å². The zero-order chi connectivity index (χ0) is 16.2. The van der Waals surface area contributed by atoms with Gasteiger partial charge in [-0.1, -0.05) is 12.1 Å². The largest absolute Gasteiger partial charge is 0.481 e. The molecule has 0 aliphatic carbocycles. The number of carbonyl (C=O) groups excluding carboxylic acids is 1. The first kappa shape index (κ1) is 16.5. The Hall–Kier alpha value is -1.89. The summed E-state index contributed by atoms with van der Waals surface area (Å²) < 4.78 is 22.7. The standard InChI is InChI=1S/C15H19NO5S/c17-14(9-12-7-8-22(20,21)10-12)16-13-4-1-11(2-5-13)3-6-15(18)19/h1-2,4-5,12H,3,6-10H2,(H,16,17)(H,18,19). The van der Waals surface area contributed by atoms with Crippen molar-refractivity contribution in [3.63, 3.8) is 0 Å². The molecule has 2 rings (SSSR count). The Bertz CT molecular complexity index is 651. The predicted molar refractivity (Wildman–Crippen MR) is 82.4 cm³/mol. The number of nitrogens with one attached hydrogen (secondary N) is 1. The number of carboxylic acids is 1. The molecule has 120 valence electrons. The smallest absolute Gasteiger partial charge is 0.303 e. The van der Waals surface area contributed by atoms with Crippen LogP contribution in [0.3, 0.4) is 0 Å². The Labute approximate surface area is 129 Å². The number of hydrogen-bond acceptors (Lipinski definition) is 4. The molecule has 0 radical (unpaired) electrons. The SMILES string of the molecule is O=C(O)CCc1ccc(NC(=O)CC2CCS(=O)(=O)C2)cc1. The molecule has 0 spiro atoms. The number of aliphatic carboxylic acids is 1. The number of hydrogen-bond donors (Lipinski definition) is 2. The van der Waals surface area contributed by atoms with Crippen molar-refractivity contribution in [3.8, 4) is 0 Å². The van der Waals surface area contributed by atoms with Crippen molar-refractivity contribution in [2.75, 3.05) is 16.8 Å². The third kappa shape index (κ3) is 5.14. The maximum absolute atomic E-state index is 11.9. The van der Waals surface area contributed by atoms with Crippen LogP contribution in [-0.2, 0) is 25.8 Å². The van der Waals surface area contributed by atoms with E-state index in [4.69, 9.17) is 5.11 Å². The van der Waals surface area contributed by atoms with Crippen molar-refractivity contribution in [1.82, 2.24) is 0 Å². The van der Waals surface area contributed by atoms with E-state index in [0.29, 0.717) is 18.5 Å². The monoisotopic (exact) mass is 325 g/mol. The molecule has 1 aromatic rings. The minimum atomic E-state index is -2.96. The lowest BCUT2D eigenvalue weighted by Gasteiger charge is -2.09. The summed E-state index contributed by atoms with van der Waals surface area (Å²) in [6, 6.07) is 7.00. The molecule has 1 atom stereocenters. The minimum absolute atomic E-state index is 0.0713. The number of carboxylic acid groups (broad SMARTS) is 1. The number of aryl methyl sites for hydroxylation is 1. The van der Waals surface area contributed by atoms with E-state index in [1.165, 1.54) is 0 Å². The van der Waals surface area contributed by atoms with E-state index < -0.39 is 15.8 Å². The topological polar surface area (TPSA) is 101 Å². The summed E-state index contributed by atoms with van der Waals surface area (Å²) in [5.41, 5.74) is 1.52. The highest BCUT2D eigenvalue weighted by Gasteiger charge is 2.29. The van der Waals surface area contributed by atoms with Gasteiger partial charge >= 0.3 is 5.97 Å². The second-order valence-electron chi connectivity index (χ2n) is 5.61. The second kappa shape index (κ2) is 6.91.